The van der Waals surface area contributed by atoms with E-state index in [-0.39, 0.29) is 0 Å². The molecule has 1 aliphatic rings. The molecule has 22 heavy (non-hydrogen) atoms. The molecule has 4 heterocycles. The zero-order valence-electron chi connectivity index (χ0n) is 12.3. The molecule has 3 aromatic heterocycles. The standard InChI is InChI=1S/C15H17N7/c1-10-4-3-7-21(10)12-8-13-19-20-14(22(13)15(16)18-12)11-5-2-6-17-9-11/h2,5-6,8-10H,3-4,7H2,1H3,(H2,16,18). The van der Waals surface area contributed by atoms with Crippen LogP contribution in [0.4, 0.5) is 11.8 Å². The van der Waals surface area contributed by atoms with Crippen LogP contribution in [0.2, 0.25) is 0 Å². The first-order chi connectivity index (χ1) is 10.7. The van der Waals surface area contributed by atoms with Crippen LogP contribution in [0, 0.1) is 0 Å². The molecule has 0 saturated carbocycles. The molecule has 0 bridgehead atoms. The molecule has 0 aromatic carbocycles. The van der Waals surface area contributed by atoms with E-state index in [2.05, 4.69) is 32.0 Å². The fourth-order valence-corrected chi connectivity index (χ4v) is 3.03. The van der Waals surface area contributed by atoms with Crippen molar-refractivity contribution < 1.29 is 0 Å². The highest BCUT2D eigenvalue weighted by Crippen LogP contribution is 2.27. The smallest absolute Gasteiger partial charge is 0.209 e. The normalized spacial score (nSPS) is 18.2. The van der Waals surface area contributed by atoms with E-state index >= 15 is 0 Å². The van der Waals surface area contributed by atoms with Crippen LogP contribution in [-0.4, -0.2) is 37.2 Å². The summed E-state index contributed by atoms with van der Waals surface area (Å²) < 4.78 is 1.77. The van der Waals surface area contributed by atoms with Crippen LogP contribution in [-0.2, 0) is 0 Å². The van der Waals surface area contributed by atoms with Crippen LogP contribution in [0.5, 0.6) is 0 Å². The van der Waals surface area contributed by atoms with Gasteiger partial charge in [-0.1, -0.05) is 0 Å². The van der Waals surface area contributed by atoms with E-state index in [4.69, 9.17) is 5.73 Å². The highest BCUT2D eigenvalue weighted by Gasteiger charge is 2.23. The third-order valence-electron chi connectivity index (χ3n) is 4.17. The van der Waals surface area contributed by atoms with Gasteiger partial charge in [-0.25, -0.2) is 4.40 Å². The Balaban J connectivity index is 1.84. The van der Waals surface area contributed by atoms with Gasteiger partial charge in [-0.2, -0.15) is 4.98 Å². The first-order valence-corrected chi connectivity index (χ1v) is 7.43. The Kier molecular flexibility index (Phi) is 2.92. The molecule has 3 aromatic rings. The molecule has 1 aliphatic heterocycles. The van der Waals surface area contributed by atoms with Crippen molar-refractivity contribution in [1.29, 1.82) is 0 Å². The first kappa shape index (κ1) is 13.0. The number of hydrogen-bond donors (Lipinski definition) is 1. The maximum Gasteiger partial charge on any atom is 0.209 e. The maximum atomic E-state index is 6.18. The lowest BCUT2D eigenvalue weighted by molar-refractivity contribution is 0.726. The Hall–Kier alpha value is -2.70. The summed E-state index contributed by atoms with van der Waals surface area (Å²) >= 11 is 0. The van der Waals surface area contributed by atoms with Gasteiger partial charge < -0.3 is 10.6 Å². The van der Waals surface area contributed by atoms with E-state index in [1.165, 1.54) is 12.8 Å². The zero-order chi connectivity index (χ0) is 15.1. The van der Waals surface area contributed by atoms with Gasteiger partial charge in [0, 0.05) is 36.6 Å². The van der Waals surface area contributed by atoms with Crippen LogP contribution >= 0.6 is 0 Å². The molecule has 7 heteroatoms. The van der Waals surface area contributed by atoms with Crippen LogP contribution in [0.3, 0.4) is 0 Å². The summed E-state index contributed by atoms with van der Waals surface area (Å²) in [5.74, 6) is 1.93. The average Bonchev–Trinajstić information content (AvgIpc) is 3.14. The van der Waals surface area contributed by atoms with Crippen LogP contribution in [0.1, 0.15) is 19.8 Å². The van der Waals surface area contributed by atoms with Crippen molar-refractivity contribution >= 4 is 17.4 Å². The molecule has 112 valence electrons. The third kappa shape index (κ3) is 1.97. The van der Waals surface area contributed by atoms with Crippen molar-refractivity contribution in [3.63, 3.8) is 0 Å². The van der Waals surface area contributed by atoms with Gasteiger partial charge in [-0.15, -0.1) is 10.2 Å². The number of nitrogen functional groups attached to an aromatic ring is 1. The molecule has 1 atom stereocenters. The van der Waals surface area contributed by atoms with Gasteiger partial charge in [0.25, 0.3) is 0 Å². The van der Waals surface area contributed by atoms with E-state index in [0.29, 0.717) is 23.5 Å². The Bertz CT molecular complexity index is 811. The molecule has 1 unspecified atom stereocenters. The quantitative estimate of drug-likeness (QED) is 0.775. The monoisotopic (exact) mass is 295 g/mol. The van der Waals surface area contributed by atoms with Crippen LogP contribution < -0.4 is 10.6 Å². The van der Waals surface area contributed by atoms with Crippen molar-refractivity contribution in [1.82, 2.24) is 24.6 Å². The van der Waals surface area contributed by atoms with Crippen molar-refractivity contribution in [3.05, 3.63) is 30.6 Å². The second-order valence-corrected chi connectivity index (χ2v) is 5.62. The molecule has 1 fully saturated rings. The van der Waals surface area contributed by atoms with Gasteiger partial charge in [0.05, 0.1) is 0 Å². The number of fused-ring (bicyclic) bond motifs is 1. The van der Waals surface area contributed by atoms with Crippen molar-refractivity contribution in [3.8, 4) is 11.4 Å². The van der Waals surface area contributed by atoms with E-state index in [1.807, 2.05) is 18.2 Å². The zero-order valence-corrected chi connectivity index (χ0v) is 12.3. The van der Waals surface area contributed by atoms with Gasteiger partial charge in [0.1, 0.15) is 5.82 Å². The van der Waals surface area contributed by atoms with E-state index in [0.717, 1.165) is 17.9 Å². The second-order valence-electron chi connectivity index (χ2n) is 5.62. The predicted octanol–water partition coefficient (Wildman–Crippen LogP) is 1.76. The number of aromatic nitrogens is 5. The van der Waals surface area contributed by atoms with Gasteiger partial charge in [-0.3, -0.25) is 4.98 Å². The molecular formula is C15H17N7. The number of anilines is 2. The number of nitrogens with zero attached hydrogens (tertiary/aromatic N) is 6. The number of nitrogens with two attached hydrogens (primary N) is 1. The minimum Gasteiger partial charge on any atom is -0.369 e. The van der Waals surface area contributed by atoms with Crippen LogP contribution in [0.15, 0.2) is 30.6 Å². The summed E-state index contributed by atoms with van der Waals surface area (Å²) in [6.45, 7) is 3.22. The largest absolute Gasteiger partial charge is 0.369 e. The van der Waals surface area contributed by atoms with Crippen molar-refractivity contribution in [2.45, 2.75) is 25.8 Å². The SMILES string of the molecule is CC1CCCN1c1cc2nnc(-c3cccnc3)n2c(N)n1. The van der Waals surface area contributed by atoms with Crippen LogP contribution in [0.25, 0.3) is 17.0 Å². The van der Waals surface area contributed by atoms with E-state index in [9.17, 15) is 0 Å². The number of pyridine rings is 1. The number of rotatable bonds is 2. The van der Waals surface area contributed by atoms with E-state index in [1.54, 1.807) is 16.8 Å². The Morgan fingerprint density at radius 3 is 2.95 bits per heavy atom. The fourth-order valence-electron chi connectivity index (χ4n) is 3.03. The lowest BCUT2D eigenvalue weighted by atomic mass is 10.2. The van der Waals surface area contributed by atoms with Gasteiger partial charge in [0.2, 0.25) is 5.95 Å². The van der Waals surface area contributed by atoms with Gasteiger partial charge >= 0.3 is 0 Å². The minimum atomic E-state index is 0.399. The lowest BCUT2D eigenvalue weighted by Gasteiger charge is -2.22. The summed E-state index contributed by atoms with van der Waals surface area (Å²) in [5.41, 5.74) is 7.75. The predicted molar refractivity (Wildman–Crippen MR) is 84.5 cm³/mol. The topological polar surface area (TPSA) is 85.2 Å². The average molecular weight is 295 g/mol. The third-order valence-corrected chi connectivity index (χ3v) is 4.17. The molecule has 4 rings (SSSR count). The molecule has 0 radical (unpaired) electrons. The Morgan fingerprint density at radius 2 is 2.23 bits per heavy atom. The van der Waals surface area contributed by atoms with E-state index < -0.39 is 0 Å². The molecule has 2 N–H and O–H groups in total. The second kappa shape index (κ2) is 4.94. The summed E-state index contributed by atoms with van der Waals surface area (Å²) in [7, 11) is 0. The van der Waals surface area contributed by atoms with Gasteiger partial charge in [0.15, 0.2) is 11.5 Å². The molecule has 7 nitrogen and oxygen atoms in total. The Labute approximate surface area is 127 Å². The fraction of sp³-hybridized carbons (Fsp3) is 0.333. The maximum absolute atomic E-state index is 6.18. The van der Waals surface area contributed by atoms with Gasteiger partial charge in [-0.05, 0) is 31.9 Å². The summed E-state index contributed by atoms with van der Waals surface area (Å²) in [6.07, 6.45) is 5.83. The highest BCUT2D eigenvalue weighted by molar-refractivity contribution is 5.64. The van der Waals surface area contributed by atoms with Crippen molar-refractivity contribution in [2.24, 2.45) is 0 Å². The first-order valence-electron chi connectivity index (χ1n) is 7.43. The minimum absolute atomic E-state index is 0.399. The molecule has 1 saturated heterocycles. The summed E-state index contributed by atoms with van der Waals surface area (Å²) in [4.78, 5) is 10.9. The summed E-state index contributed by atoms with van der Waals surface area (Å²) in [6, 6.07) is 6.22. The molecule has 0 aliphatic carbocycles. The van der Waals surface area contributed by atoms with Crippen molar-refractivity contribution in [2.75, 3.05) is 17.2 Å². The Morgan fingerprint density at radius 1 is 1.32 bits per heavy atom. The number of hydrogen-bond acceptors (Lipinski definition) is 6. The summed E-state index contributed by atoms with van der Waals surface area (Å²) in [5, 5.41) is 8.50. The lowest BCUT2D eigenvalue weighted by Crippen LogP contribution is -2.27. The molecular weight excluding hydrogens is 278 g/mol. The molecule has 0 amide bonds. The molecule has 0 spiro atoms. The highest BCUT2D eigenvalue weighted by atomic mass is 15.3.